The zero-order chi connectivity index (χ0) is 11.8. The van der Waals surface area contributed by atoms with E-state index in [9.17, 15) is 0 Å². The Morgan fingerprint density at radius 1 is 1.35 bits per heavy atom. The van der Waals surface area contributed by atoms with Gasteiger partial charge in [-0.25, -0.2) is 4.98 Å². The summed E-state index contributed by atoms with van der Waals surface area (Å²) in [5, 5.41) is 7.31. The molecule has 0 bridgehead atoms. The third-order valence-corrected chi connectivity index (χ3v) is 3.69. The van der Waals surface area contributed by atoms with Crippen LogP contribution in [-0.4, -0.2) is 17.0 Å². The molecule has 3 rings (SSSR count). The van der Waals surface area contributed by atoms with Crippen LogP contribution in [0.3, 0.4) is 0 Å². The van der Waals surface area contributed by atoms with Gasteiger partial charge in [-0.15, -0.1) is 11.3 Å². The highest BCUT2D eigenvalue weighted by Gasteiger charge is 2.09. The van der Waals surface area contributed by atoms with E-state index in [2.05, 4.69) is 45.8 Å². The molecule has 0 amide bonds. The number of aromatic nitrogens is 2. The molecule has 2 N–H and O–H groups in total. The Kier molecular flexibility index (Phi) is 2.37. The SMILES string of the molecule is CNc1nc(-c2c[nH]c3cc(C)ccc23)cs1. The van der Waals surface area contributed by atoms with E-state index in [0.29, 0.717) is 0 Å². The van der Waals surface area contributed by atoms with Crippen molar-refractivity contribution in [1.29, 1.82) is 0 Å². The summed E-state index contributed by atoms with van der Waals surface area (Å²) < 4.78 is 0. The van der Waals surface area contributed by atoms with Crippen molar-refractivity contribution in [2.45, 2.75) is 6.92 Å². The summed E-state index contributed by atoms with van der Waals surface area (Å²) >= 11 is 1.62. The summed E-state index contributed by atoms with van der Waals surface area (Å²) in [6.45, 7) is 2.10. The molecule has 1 aromatic carbocycles. The maximum Gasteiger partial charge on any atom is 0.182 e. The lowest BCUT2D eigenvalue weighted by Crippen LogP contribution is -1.85. The van der Waals surface area contributed by atoms with Crippen LogP contribution in [0.1, 0.15) is 5.56 Å². The van der Waals surface area contributed by atoms with E-state index >= 15 is 0 Å². The summed E-state index contributed by atoms with van der Waals surface area (Å²) in [4.78, 5) is 7.83. The predicted molar refractivity (Wildman–Crippen MR) is 73.7 cm³/mol. The Morgan fingerprint density at radius 3 is 3.00 bits per heavy atom. The fourth-order valence-corrected chi connectivity index (χ4v) is 2.64. The van der Waals surface area contributed by atoms with Gasteiger partial charge in [0.05, 0.1) is 5.69 Å². The third kappa shape index (κ3) is 1.70. The summed E-state index contributed by atoms with van der Waals surface area (Å²) in [6.07, 6.45) is 2.03. The third-order valence-electron chi connectivity index (χ3n) is 2.83. The van der Waals surface area contributed by atoms with Gasteiger partial charge in [-0.05, 0) is 18.6 Å². The lowest BCUT2D eigenvalue weighted by atomic mass is 10.1. The molecule has 2 aromatic heterocycles. The summed E-state index contributed by atoms with van der Waals surface area (Å²) in [6, 6.07) is 6.43. The van der Waals surface area contributed by atoms with E-state index in [1.54, 1.807) is 11.3 Å². The van der Waals surface area contributed by atoms with Crippen LogP contribution in [0, 0.1) is 6.92 Å². The van der Waals surface area contributed by atoms with Crippen LogP contribution >= 0.6 is 11.3 Å². The van der Waals surface area contributed by atoms with Crippen LogP contribution in [0.2, 0.25) is 0 Å². The number of hydrogen-bond donors (Lipinski definition) is 2. The maximum atomic E-state index is 4.53. The maximum absolute atomic E-state index is 4.53. The minimum Gasteiger partial charge on any atom is -0.365 e. The molecular weight excluding hydrogens is 230 g/mol. The first-order valence-electron chi connectivity index (χ1n) is 5.49. The molecule has 0 aliphatic rings. The minimum absolute atomic E-state index is 0.946. The number of aryl methyl sites for hydroxylation is 1. The van der Waals surface area contributed by atoms with Crippen LogP contribution in [0.5, 0.6) is 0 Å². The zero-order valence-electron chi connectivity index (χ0n) is 9.74. The highest BCUT2D eigenvalue weighted by Crippen LogP contribution is 2.31. The zero-order valence-corrected chi connectivity index (χ0v) is 10.6. The lowest BCUT2D eigenvalue weighted by molar-refractivity contribution is 1.36. The second-order valence-electron chi connectivity index (χ2n) is 4.04. The molecule has 0 unspecified atom stereocenters. The number of benzene rings is 1. The Balaban J connectivity index is 2.17. The van der Waals surface area contributed by atoms with E-state index in [-0.39, 0.29) is 0 Å². The van der Waals surface area contributed by atoms with Gasteiger partial charge in [0, 0.05) is 35.1 Å². The molecule has 0 saturated carbocycles. The Morgan fingerprint density at radius 2 is 2.24 bits per heavy atom. The lowest BCUT2D eigenvalue weighted by Gasteiger charge is -1.96. The van der Waals surface area contributed by atoms with E-state index < -0.39 is 0 Å². The summed E-state index contributed by atoms with van der Waals surface area (Å²) in [7, 11) is 1.89. The molecule has 4 heteroatoms. The molecule has 0 radical (unpaired) electrons. The van der Waals surface area contributed by atoms with Crippen molar-refractivity contribution in [3.63, 3.8) is 0 Å². The van der Waals surface area contributed by atoms with E-state index in [4.69, 9.17) is 0 Å². The van der Waals surface area contributed by atoms with Crippen molar-refractivity contribution in [3.05, 3.63) is 35.3 Å². The molecular formula is C13H13N3S. The van der Waals surface area contributed by atoms with Crippen molar-refractivity contribution in [2.24, 2.45) is 0 Å². The number of anilines is 1. The normalized spacial score (nSPS) is 10.9. The van der Waals surface area contributed by atoms with E-state index in [1.807, 2.05) is 13.2 Å². The molecule has 2 heterocycles. The van der Waals surface area contributed by atoms with Gasteiger partial charge < -0.3 is 10.3 Å². The van der Waals surface area contributed by atoms with Gasteiger partial charge in [0.2, 0.25) is 0 Å². The number of fused-ring (bicyclic) bond motifs is 1. The molecule has 0 atom stereocenters. The van der Waals surface area contributed by atoms with E-state index in [1.165, 1.54) is 16.5 Å². The molecule has 0 saturated heterocycles. The summed E-state index contributed by atoms with van der Waals surface area (Å²) in [5.41, 5.74) is 4.62. The first-order chi connectivity index (χ1) is 8.28. The number of H-pyrrole nitrogens is 1. The number of rotatable bonds is 2. The molecule has 3 aromatic rings. The highest BCUT2D eigenvalue weighted by molar-refractivity contribution is 7.14. The second-order valence-corrected chi connectivity index (χ2v) is 4.90. The second kappa shape index (κ2) is 3.89. The topological polar surface area (TPSA) is 40.7 Å². The van der Waals surface area contributed by atoms with E-state index in [0.717, 1.165) is 16.4 Å². The first-order valence-corrected chi connectivity index (χ1v) is 6.37. The Labute approximate surface area is 104 Å². The van der Waals surface area contributed by atoms with Gasteiger partial charge in [0.25, 0.3) is 0 Å². The molecule has 0 aliphatic carbocycles. The number of aromatic amines is 1. The molecule has 0 spiro atoms. The van der Waals surface area contributed by atoms with Crippen LogP contribution in [0.25, 0.3) is 22.2 Å². The van der Waals surface area contributed by atoms with Gasteiger partial charge in [0.1, 0.15) is 0 Å². The van der Waals surface area contributed by atoms with Gasteiger partial charge >= 0.3 is 0 Å². The average Bonchev–Trinajstić information content (AvgIpc) is 2.93. The monoisotopic (exact) mass is 243 g/mol. The Bertz CT molecular complexity index is 666. The minimum atomic E-state index is 0.946. The average molecular weight is 243 g/mol. The number of hydrogen-bond acceptors (Lipinski definition) is 3. The van der Waals surface area contributed by atoms with Crippen LogP contribution in [0.15, 0.2) is 29.8 Å². The quantitative estimate of drug-likeness (QED) is 0.721. The Hall–Kier alpha value is -1.81. The van der Waals surface area contributed by atoms with Crippen molar-refractivity contribution in [2.75, 3.05) is 12.4 Å². The molecule has 0 fully saturated rings. The van der Waals surface area contributed by atoms with Crippen molar-refractivity contribution < 1.29 is 0 Å². The first kappa shape index (κ1) is 10.4. The van der Waals surface area contributed by atoms with Gasteiger partial charge in [-0.1, -0.05) is 12.1 Å². The van der Waals surface area contributed by atoms with Crippen molar-refractivity contribution >= 4 is 27.4 Å². The summed E-state index contributed by atoms with van der Waals surface area (Å²) in [5.74, 6) is 0. The predicted octanol–water partition coefficient (Wildman–Crippen LogP) is 3.64. The number of nitrogens with one attached hydrogen (secondary N) is 2. The van der Waals surface area contributed by atoms with Crippen molar-refractivity contribution in [1.82, 2.24) is 9.97 Å². The van der Waals surface area contributed by atoms with Gasteiger partial charge in [-0.3, -0.25) is 0 Å². The molecule has 0 aliphatic heterocycles. The van der Waals surface area contributed by atoms with Crippen molar-refractivity contribution in [3.8, 4) is 11.3 Å². The molecule has 86 valence electrons. The smallest absolute Gasteiger partial charge is 0.182 e. The highest BCUT2D eigenvalue weighted by atomic mass is 32.1. The fourth-order valence-electron chi connectivity index (χ4n) is 1.96. The number of thiazole rings is 1. The molecule has 17 heavy (non-hydrogen) atoms. The van der Waals surface area contributed by atoms with Crippen LogP contribution in [0.4, 0.5) is 5.13 Å². The van der Waals surface area contributed by atoms with Crippen LogP contribution in [-0.2, 0) is 0 Å². The van der Waals surface area contributed by atoms with Gasteiger partial charge in [-0.2, -0.15) is 0 Å². The van der Waals surface area contributed by atoms with Crippen LogP contribution < -0.4 is 5.32 Å². The largest absolute Gasteiger partial charge is 0.365 e. The number of nitrogens with zero attached hydrogens (tertiary/aromatic N) is 1. The standard InChI is InChI=1S/C13H13N3S/c1-8-3-4-9-10(6-15-11(9)5-8)12-7-17-13(14-2)16-12/h3-7,15H,1-2H3,(H,14,16). The fraction of sp³-hybridized carbons (Fsp3) is 0.154. The van der Waals surface area contributed by atoms with Gasteiger partial charge in [0.15, 0.2) is 5.13 Å². The molecule has 3 nitrogen and oxygen atoms in total.